The smallest absolute Gasteiger partial charge is 0.0730 e. The van der Waals surface area contributed by atoms with Gasteiger partial charge in [0, 0.05) is 5.02 Å². The van der Waals surface area contributed by atoms with Crippen molar-refractivity contribution in [1.82, 2.24) is 0 Å². The molecule has 0 radical (unpaired) electrons. The van der Waals surface area contributed by atoms with Crippen LogP contribution in [0.1, 0.15) is 30.5 Å². The molecule has 0 saturated heterocycles. The first-order chi connectivity index (χ1) is 6.57. The fraction of sp³-hybridized carbons (Fsp3) is 0.455. The summed E-state index contributed by atoms with van der Waals surface area (Å²) in [6.45, 7) is 3.85. The maximum atomic E-state index is 9.65. The Morgan fingerprint density at radius 1 is 1.47 bits per heavy atom. The van der Waals surface area contributed by atoms with Gasteiger partial charge in [0.05, 0.1) is 12.1 Å². The van der Waals surface area contributed by atoms with E-state index in [9.17, 15) is 5.11 Å². The number of aliphatic hydroxyl groups excluding tert-OH is 1. The van der Waals surface area contributed by atoms with Crippen LogP contribution in [0.5, 0.6) is 0 Å². The number of aryl methyl sites for hydroxylation is 1. The Morgan fingerprint density at radius 3 is 2.53 bits per heavy atom. The van der Waals surface area contributed by atoms with Gasteiger partial charge in [-0.2, -0.15) is 0 Å². The lowest BCUT2D eigenvalue weighted by molar-refractivity contribution is 0.140. The van der Waals surface area contributed by atoms with E-state index in [4.69, 9.17) is 17.3 Å². The van der Waals surface area contributed by atoms with Crippen molar-refractivity contribution < 1.29 is 5.11 Å². The molecule has 0 aromatic heterocycles. The Hall–Kier alpha value is -0.280. The summed E-state index contributed by atoms with van der Waals surface area (Å²) in [5.41, 5.74) is 7.79. The Labute approximate surface area is 102 Å². The summed E-state index contributed by atoms with van der Waals surface area (Å²) in [6, 6.07) is 5.23. The molecule has 1 aromatic carbocycles. The van der Waals surface area contributed by atoms with Gasteiger partial charge in [-0.15, -0.1) is 12.4 Å². The van der Waals surface area contributed by atoms with Gasteiger partial charge in [0.25, 0.3) is 0 Å². The second kappa shape index (κ2) is 6.33. The molecule has 0 bridgehead atoms. The normalized spacial score (nSPS) is 14.2. The van der Waals surface area contributed by atoms with E-state index < -0.39 is 12.1 Å². The Balaban J connectivity index is 0.00000196. The molecule has 1 aromatic rings. The maximum Gasteiger partial charge on any atom is 0.0730 e. The number of nitrogens with two attached hydrogens (primary N) is 1. The highest BCUT2D eigenvalue weighted by Crippen LogP contribution is 2.27. The van der Waals surface area contributed by atoms with Gasteiger partial charge in [-0.05, 0) is 30.5 Å². The van der Waals surface area contributed by atoms with E-state index in [1.54, 1.807) is 6.07 Å². The molecule has 4 heteroatoms. The predicted molar refractivity (Wildman–Crippen MR) is 66.7 cm³/mol. The lowest BCUT2D eigenvalue weighted by atomic mass is 9.96. The summed E-state index contributed by atoms with van der Waals surface area (Å²) in [7, 11) is 0. The standard InChI is InChI=1S/C11H16ClNO.ClH/c1-3-9(14)11(13)10-7(2)5-4-6-8(10)12;/h4-6,9,11,14H,3,13H2,1-2H3;1H/t9-,11-;/m1./s1. The van der Waals surface area contributed by atoms with E-state index in [0.717, 1.165) is 11.1 Å². The third-order valence-corrected chi connectivity index (χ3v) is 2.77. The molecule has 1 rings (SSSR count). The third kappa shape index (κ3) is 3.35. The quantitative estimate of drug-likeness (QED) is 0.866. The van der Waals surface area contributed by atoms with Crippen LogP contribution >= 0.6 is 24.0 Å². The zero-order chi connectivity index (χ0) is 10.7. The number of hydrogen-bond donors (Lipinski definition) is 2. The minimum atomic E-state index is -0.534. The van der Waals surface area contributed by atoms with Crippen molar-refractivity contribution in [3.8, 4) is 0 Å². The van der Waals surface area contributed by atoms with Gasteiger partial charge >= 0.3 is 0 Å². The molecular formula is C11H17Cl2NO. The first kappa shape index (κ1) is 14.7. The molecule has 2 atom stereocenters. The number of rotatable bonds is 3. The fourth-order valence-corrected chi connectivity index (χ4v) is 1.86. The van der Waals surface area contributed by atoms with Crippen LogP contribution in [0.15, 0.2) is 18.2 Å². The minimum Gasteiger partial charge on any atom is -0.391 e. The monoisotopic (exact) mass is 249 g/mol. The molecule has 0 aliphatic heterocycles. The third-order valence-electron chi connectivity index (χ3n) is 2.44. The highest BCUT2D eigenvalue weighted by molar-refractivity contribution is 6.31. The van der Waals surface area contributed by atoms with Gasteiger partial charge < -0.3 is 10.8 Å². The topological polar surface area (TPSA) is 46.2 Å². The summed E-state index contributed by atoms with van der Waals surface area (Å²) in [4.78, 5) is 0. The molecule has 2 nitrogen and oxygen atoms in total. The molecule has 0 unspecified atom stereocenters. The Morgan fingerprint density at radius 2 is 2.07 bits per heavy atom. The zero-order valence-corrected chi connectivity index (χ0v) is 10.5. The number of halogens is 2. The first-order valence-corrected chi connectivity index (χ1v) is 5.14. The van der Waals surface area contributed by atoms with Crippen LogP contribution < -0.4 is 5.73 Å². The zero-order valence-electron chi connectivity index (χ0n) is 8.90. The van der Waals surface area contributed by atoms with E-state index >= 15 is 0 Å². The van der Waals surface area contributed by atoms with Gasteiger partial charge in [-0.25, -0.2) is 0 Å². The molecule has 15 heavy (non-hydrogen) atoms. The van der Waals surface area contributed by atoms with E-state index in [1.165, 1.54) is 0 Å². The van der Waals surface area contributed by atoms with Gasteiger partial charge in [0.15, 0.2) is 0 Å². The van der Waals surface area contributed by atoms with E-state index in [0.29, 0.717) is 11.4 Å². The summed E-state index contributed by atoms with van der Waals surface area (Å²) in [5.74, 6) is 0. The molecule has 0 spiro atoms. The highest BCUT2D eigenvalue weighted by atomic mass is 35.5. The maximum absolute atomic E-state index is 9.65. The van der Waals surface area contributed by atoms with E-state index in [-0.39, 0.29) is 12.4 Å². The molecule has 3 N–H and O–H groups in total. The van der Waals surface area contributed by atoms with Gasteiger partial charge in [-0.1, -0.05) is 30.7 Å². The average Bonchev–Trinajstić information content (AvgIpc) is 2.16. The molecule has 0 amide bonds. The number of hydrogen-bond acceptors (Lipinski definition) is 2. The van der Waals surface area contributed by atoms with Crippen LogP contribution in [0.2, 0.25) is 5.02 Å². The van der Waals surface area contributed by atoms with Crippen molar-refractivity contribution in [3.05, 3.63) is 34.3 Å². The average molecular weight is 250 g/mol. The van der Waals surface area contributed by atoms with Crippen LogP contribution in [-0.4, -0.2) is 11.2 Å². The molecule has 0 saturated carbocycles. The molecule has 0 aliphatic rings. The summed E-state index contributed by atoms with van der Waals surface area (Å²) in [5, 5.41) is 10.3. The van der Waals surface area contributed by atoms with Crippen molar-refractivity contribution >= 4 is 24.0 Å². The van der Waals surface area contributed by atoms with Crippen molar-refractivity contribution in [2.24, 2.45) is 5.73 Å². The highest BCUT2D eigenvalue weighted by Gasteiger charge is 2.19. The lowest BCUT2D eigenvalue weighted by Crippen LogP contribution is -2.26. The van der Waals surface area contributed by atoms with Gasteiger partial charge in [-0.3, -0.25) is 0 Å². The van der Waals surface area contributed by atoms with E-state index in [1.807, 2.05) is 26.0 Å². The molecule has 0 aliphatic carbocycles. The van der Waals surface area contributed by atoms with Crippen LogP contribution in [0.3, 0.4) is 0 Å². The SMILES string of the molecule is CC[C@@H](O)[C@@H](N)c1c(C)cccc1Cl.Cl. The predicted octanol–water partition coefficient (Wildman–Crippen LogP) is 2.84. The lowest BCUT2D eigenvalue weighted by Gasteiger charge is -2.20. The minimum absolute atomic E-state index is 0. The van der Waals surface area contributed by atoms with Crippen molar-refractivity contribution in [1.29, 1.82) is 0 Å². The molecule has 0 heterocycles. The van der Waals surface area contributed by atoms with E-state index in [2.05, 4.69) is 0 Å². The van der Waals surface area contributed by atoms with Gasteiger partial charge in [0.1, 0.15) is 0 Å². The number of benzene rings is 1. The fourth-order valence-electron chi connectivity index (χ4n) is 1.51. The van der Waals surface area contributed by atoms with Crippen LogP contribution in [-0.2, 0) is 0 Å². The summed E-state index contributed by atoms with van der Waals surface area (Å²) in [6.07, 6.45) is 0.0971. The molecule has 86 valence electrons. The van der Waals surface area contributed by atoms with Gasteiger partial charge in [0.2, 0.25) is 0 Å². The van der Waals surface area contributed by atoms with Crippen molar-refractivity contribution in [2.75, 3.05) is 0 Å². The Bertz CT molecular complexity index is 297. The van der Waals surface area contributed by atoms with Crippen LogP contribution in [0, 0.1) is 6.92 Å². The Kier molecular flexibility index (Phi) is 6.22. The number of aliphatic hydroxyl groups is 1. The summed E-state index contributed by atoms with van der Waals surface area (Å²) < 4.78 is 0. The first-order valence-electron chi connectivity index (χ1n) is 4.76. The van der Waals surface area contributed by atoms with Crippen LogP contribution in [0.4, 0.5) is 0 Å². The second-order valence-electron chi connectivity index (χ2n) is 3.47. The summed E-state index contributed by atoms with van der Waals surface area (Å²) >= 11 is 6.03. The molecule has 0 fully saturated rings. The van der Waals surface area contributed by atoms with Crippen molar-refractivity contribution in [3.63, 3.8) is 0 Å². The molecular weight excluding hydrogens is 233 g/mol. The van der Waals surface area contributed by atoms with Crippen molar-refractivity contribution in [2.45, 2.75) is 32.4 Å². The largest absolute Gasteiger partial charge is 0.391 e. The second-order valence-corrected chi connectivity index (χ2v) is 3.88. The van der Waals surface area contributed by atoms with Crippen LogP contribution in [0.25, 0.3) is 0 Å².